The second-order valence-corrected chi connectivity index (χ2v) is 12.5. The fourth-order valence-electron chi connectivity index (χ4n) is 5.48. The highest BCUT2D eigenvalue weighted by atomic mass is 35.5. The Balaban J connectivity index is 1.63. The maximum atomic E-state index is 14.2. The normalized spacial score (nSPS) is 14.1. The van der Waals surface area contributed by atoms with Crippen molar-refractivity contribution in [1.82, 2.24) is 4.57 Å². The molecule has 0 N–H and O–H groups in total. The number of halogens is 2. The molecule has 0 saturated carbocycles. The zero-order valence-electron chi connectivity index (χ0n) is 27.4. The van der Waals surface area contributed by atoms with E-state index in [4.69, 9.17) is 42.1 Å². The third kappa shape index (κ3) is 7.41. The summed E-state index contributed by atoms with van der Waals surface area (Å²) in [5.41, 5.74) is 3.01. The van der Waals surface area contributed by atoms with E-state index in [2.05, 4.69) is 23.7 Å². The number of thiazole rings is 1. The van der Waals surface area contributed by atoms with Crippen LogP contribution in [0.25, 0.3) is 6.08 Å². The smallest absolute Gasteiger partial charge is 0.337 e. The number of carbonyl (C=O) groups is 1. The predicted octanol–water partition coefficient (Wildman–Crippen LogP) is 6.55. The molecule has 0 unspecified atom stereocenters. The number of ether oxygens (including phenoxy) is 4. The van der Waals surface area contributed by atoms with Crippen LogP contribution in [0, 0.1) is 0 Å². The molecular weight excluding hydrogens is 673 g/mol. The number of hydrogen-bond acceptors (Lipinski definition) is 9. The van der Waals surface area contributed by atoms with Gasteiger partial charge in [0, 0.05) is 52.2 Å². The first kappa shape index (κ1) is 35.1. The minimum absolute atomic E-state index is 0.197. The van der Waals surface area contributed by atoms with E-state index in [0.29, 0.717) is 61.0 Å². The van der Waals surface area contributed by atoms with Gasteiger partial charge in [0.2, 0.25) is 0 Å². The van der Waals surface area contributed by atoms with E-state index in [-0.39, 0.29) is 17.7 Å². The molecule has 0 radical (unpaired) electrons. The molecule has 2 heterocycles. The minimum Gasteiger partial charge on any atom is -0.490 e. The summed E-state index contributed by atoms with van der Waals surface area (Å²) >= 11 is 13.8. The Kier molecular flexibility index (Phi) is 11.5. The summed E-state index contributed by atoms with van der Waals surface area (Å²) in [5.74, 6) is 1.07. The van der Waals surface area contributed by atoms with Gasteiger partial charge in [-0.25, -0.2) is 9.79 Å². The molecule has 9 nitrogen and oxygen atoms in total. The van der Waals surface area contributed by atoms with Crippen molar-refractivity contribution in [3.05, 3.63) is 113 Å². The summed E-state index contributed by atoms with van der Waals surface area (Å²) in [4.78, 5) is 34.4. The van der Waals surface area contributed by atoms with Crippen molar-refractivity contribution < 1.29 is 23.7 Å². The van der Waals surface area contributed by atoms with Gasteiger partial charge in [-0.3, -0.25) is 9.36 Å². The molecule has 1 aromatic heterocycles. The second kappa shape index (κ2) is 15.8. The number of hydrogen-bond donors (Lipinski definition) is 0. The molecule has 0 spiro atoms. The van der Waals surface area contributed by atoms with Gasteiger partial charge in [0.05, 0.1) is 36.5 Å². The van der Waals surface area contributed by atoms with Crippen LogP contribution in [0.4, 0.5) is 5.69 Å². The monoisotopic (exact) mass is 709 g/mol. The number of aromatic nitrogens is 1. The lowest BCUT2D eigenvalue weighted by atomic mass is 9.97. The van der Waals surface area contributed by atoms with Crippen LogP contribution in [0.3, 0.4) is 0 Å². The number of carbonyl (C=O) groups excluding carboxylic acids is 1. The van der Waals surface area contributed by atoms with E-state index in [1.54, 1.807) is 30.3 Å². The largest absolute Gasteiger partial charge is 0.490 e. The molecule has 1 aliphatic heterocycles. The quantitative estimate of drug-likeness (QED) is 0.146. The van der Waals surface area contributed by atoms with Crippen LogP contribution in [0.1, 0.15) is 50.4 Å². The average molecular weight is 711 g/mol. The summed E-state index contributed by atoms with van der Waals surface area (Å²) in [7, 11) is 1.30. The number of anilines is 1. The van der Waals surface area contributed by atoms with Gasteiger partial charge < -0.3 is 23.8 Å². The highest BCUT2D eigenvalue weighted by molar-refractivity contribution is 7.07. The van der Waals surface area contributed by atoms with Crippen LogP contribution in [0.5, 0.6) is 17.2 Å². The minimum atomic E-state index is -0.807. The van der Waals surface area contributed by atoms with E-state index in [1.165, 1.54) is 29.2 Å². The summed E-state index contributed by atoms with van der Waals surface area (Å²) in [6.45, 7) is 10.6. The molecule has 252 valence electrons. The van der Waals surface area contributed by atoms with Crippen LogP contribution in [-0.2, 0) is 16.1 Å². The van der Waals surface area contributed by atoms with Crippen LogP contribution >= 0.6 is 34.5 Å². The number of methoxy groups -OCH3 is 1. The Bertz CT molecular complexity index is 2020. The van der Waals surface area contributed by atoms with Gasteiger partial charge in [-0.15, -0.1) is 0 Å². The third-order valence-electron chi connectivity index (χ3n) is 7.82. The predicted molar refractivity (Wildman–Crippen MR) is 191 cm³/mol. The third-order valence-corrected chi connectivity index (χ3v) is 9.40. The van der Waals surface area contributed by atoms with Crippen molar-refractivity contribution in [3.8, 4) is 17.2 Å². The Morgan fingerprint density at radius 3 is 2.38 bits per heavy atom. The molecule has 48 heavy (non-hydrogen) atoms. The Morgan fingerprint density at radius 2 is 1.69 bits per heavy atom. The molecule has 1 aliphatic rings. The zero-order chi connectivity index (χ0) is 34.4. The first-order valence-electron chi connectivity index (χ1n) is 15.7. The van der Waals surface area contributed by atoms with E-state index < -0.39 is 12.0 Å². The lowest BCUT2D eigenvalue weighted by Crippen LogP contribution is -2.39. The molecule has 12 heteroatoms. The summed E-state index contributed by atoms with van der Waals surface area (Å²) in [6, 6.07) is 15.8. The molecule has 0 fully saturated rings. The van der Waals surface area contributed by atoms with Gasteiger partial charge >= 0.3 is 5.97 Å². The van der Waals surface area contributed by atoms with Gasteiger partial charge in [0.25, 0.3) is 5.56 Å². The van der Waals surface area contributed by atoms with E-state index in [9.17, 15) is 9.59 Å². The molecule has 0 bridgehead atoms. The Labute approximate surface area is 293 Å². The van der Waals surface area contributed by atoms with Gasteiger partial charge in [0.1, 0.15) is 12.4 Å². The fraction of sp³-hybridized carbons (Fsp3) is 0.306. The molecule has 3 aromatic carbocycles. The van der Waals surface area contributed by atoms with Crippen molar-refractivity contribution in [3.63, 3.8) is 0 Å². The molecule has 4 aromatic rings. The van der Waals surface area contributed by atoms with Crippen molar-refractivity contribution >= 4 is 52.3 Å². The van der Waals surface area contributed by atoms with Gasteiger partial charge in [-0.05, 0) is 75.7 Å². The van der Waals surface area contributed by atoms with Crippen molar-refractivity contribution in [1.29, 1.82) is 0 Å². The lowest BCUT2D eigenvalue weighted by molar-refractivity contribution is -0.136. The highest BCUT2D eigenvalue weighted by Gasteiger charge is 2.31. The van der Waals surface area contributed by atoms with Crippen molar-refractivity contribution in [2.75, 3.05) is 38.3 Å². The molecule has 0 amide bonds. The number of nitrogens with zero attached hydrogens (tertiary/aromatic N) is 3. The molecule has 0 aliphatic carbocycles. The SMILES string of the molecule is CCOc1ccc([C@@H]2C(C(=O)OC)=CN=c3s/c(=C/c4ccc(N(CC)CC)cc4OCc4ccc(Cl)cc4Cl)c(=O)n32)cc1OCC. The lowest BCUT2D eigenvalue weighted by Gasteiger charge is -2.23. The zero-order valence-corrected chi connectivity index (χ0v) is 29.7. The van der Waals surface area contributed by atoms with Crippen LogP contribution < -0.4 is 34.0 Å². The Hall–Kier alpha value is -4.25. The standard InChI is InChI=1S/C36H37Cl2N3O6S/c1-6-40(7-2)26-14-11-22(30(19-26)47-21-24-10-13-25(37)18-28(24)38)17-32-34(42)41-33(27(35(43)44-5)20-39-36(41)48-32)23-12-15-29(45-8-3)31(16-23)46-9-4/h10-20,33H,6-9,21H2,1-5H3/b32-17+/t33-/m1/s1. The van der Waals surface area contributed by atoms with E-state index in [1.807, 2.05) is 44.2 Å². The van der Waals surface area contributed by atoms with Crippen LogP contribution in [-0.4, -0.2) is 43.9 Å². The summed E-state index contributed by atoms with van der Waals surface area (Å²) in [5, 5.41) is 1.04. The number of rotatable bonds is 13. The van der Waals surface area contributed by atoms with Crippen molar-refractivity contribution in [2.24, 2.45) is 4.99 Å². The molecule has 1 atom stereocenters. The molecule has 5 rings (SSSR count). The molecular formula is C36H37Cl2N3O6S. The summed E-state index contributed by atoms with van der Waals surface area (Å²) in [6.07, 6.45) is 3.25. The highest BCUT2D eigenvalue weighted by Crippen LogP contribution is 2.35. The average Bonchev–Trinajstić information content (AvgIpc) is 3.40. The van der Waals surface area contributed by atoms with E-state index >= 15 is 0 Å². The molecule has 0 saturated heterocycles. The number of esters is 1. The van der Waals surface area contributed by atoms with E-state index in [0.717, 1.165) is 24.3 Å². The number of benzene rings is 3. The first-order valence-corrected chi connectivity index (χ1v) is 17.2. The van der Waals surface area contributed by atoms with Gasteiger partial charge in [0.15, 0.2) is 16.3 Å². The second-order valence-electron chi connectivity index (χ2n) is 10.7. The summed E-state index contributed by atoms with van der Waals surface area (Å²) < 4.78 is 25.0. The van der Waals surface area contributed by atoms with Gasteiger partial charge in [-0.2, -0.15) is 0 Å². The number of fused-ring (bicyclic) bond motifs is 1. The van der Waals surface area contributed by atoms with Crippen molar-refractivity contribution in [2.45, 2.75) is 40.3 Å². The van der Waals surface area contributed by atoms with Gasteiger partial charge in [-0.1, -0.05) is 46.7 Å². The maximum Gasteiger partial charge on any atom is 0.337 e. The maximum absolute atomic E-state index is 14.2. The Morgan fingerprint density at radius 1 is 0.938 bits per heavy atom. The van der Waals surface area contributed by atoms with Crippen LogP contribution in [0.15, 0.2) is 76.2 Å². The fourth-order valence-corrected chi connectivity index (χ4v) is 6.90. The van der Waals surface area contributed by atoms with Crippen LogP contribution in [0.2, 0.25) is 10.0 Å². The topological polar surface area (TPSA) is 91.6 Å². The first-order chi connectivity index (χ1) is 23.2.